The van der Waals surface area contributed by atoms with Crippen LogP contribution in [0, 0.1) is 0 Å². The van der Waals surface area contributed by atoms with Gasteiger partial charge in [-0.15, -0.1) is 0 Å². The minimum absolute atomic E-state index is 0.0683. The molecule has 0 spiro atoms. The first-order valence-electron chi connectivity index (χ1n) is 41.7. The van der Waals surface area contributed by atoms with Gasteiger partial charge in [0, 0.05) is 93.7 Å². The fraction of sp³-hybridized carbons (Fsp3) is 0.127. The molecule has 5 aromatic heterocycles. The van der Waals surface area contributed by atoms with Gasteiger partial charge < -0.3 is 23.2 Å². The zero-order valence-electron chi connectivity index (χ0n) is 66.0. The Hall–Kier alpha value is -13.4. The van der Waals surface area contributed by atoms with Crippen molar-refractivity contribution in [3.8, 4) is 61.3 Å². The van der Waals surface area contributed by atoms with Gasteiger partial charge in [-0.3, -0.25) is 0 Å². The van der Waals surface area contributed by atoms with Crippen LogP contribution >= 0.6 is 0 Å². The first-order chi connectivity index (χ1) is 56.7. The Bertz CT molecular complexity index is 7610. The fourth-order valence-corrected chi connectivity index (χ4v) is 22.2. The molecule has 0 saturated heterocycles. The summed E-state index contributed by atoms with van der Waals surface area (Å²) in [6.45, 7) is 14.4. The topological polar surface area (TPSA) is 20.2 Å². The second kappa shape index (κ2) is 23.9. The predicted molar refractivity (Wildman–Crippen MR) is 493 cm³/mol. The number of anilines is 6. The van der Waals surface area contributed by atoms with Gasteiger partial charge in [0.05, 0.1) is 44.1 Å². The van der Waals surface area contributed by atoms with E-state index < -0.39 is 0 Å². The maximum absolute atomic E-state index is 2.66. The van der Waals surface area contributed by atoms with E-state index in [1.807, 2.05) is 0 Å². The number of nitrogens with zero attached hydrogens (tertiary/aromatic N) is 5. The molecule has 0 atom stereocenters. The number of aryl methyl sites for hydroxylation is 1. The van der Waals surface area contributed by atoms with E-state index >= 15 is 0 Å². The SMILES string of the molecule is CC1(C)CCCc2cc(-c3ccc(N4c5cc(-c6cc7c8ccccc8n8c9ccccc9c(c6)c78)ccc5B5c6ccc(-c7cc8c9ccccc9n9c%10ccccc%10c(c7)c89)cc6N(c6ccc(-c7ccc8c(c7)C(C)(C)CCC8(C)C)cc6)c6cc(-c7ccc8c(c7)c7ccccc7n8-c7ccccc7)cc4c65)cc3)ccc21. The number of hydrogen-bond donors (Lipinski definition) is 0. The molecule has 16 aromatic carbocycles. The van der Waals surface area contributed by atoms with Crippen molar-refractivity contribution in [2.75, 3.05) is 9.80 Å². The highest BCUT2D eigenvalue weighted by Gasteiger charge is 2.45. The van der Waals surface area contributed by atoms with E-state index in [0.29, 0.717) is 0 Å². The van der Waals surface area contributed by atoms with Gasteiger partial charge in [0.1, 0.15) is 0 Å². The molecule has 0 amide bonds. The minimum atomic E-state index is -0.183. The molecule has 25 rings (SSSR count). The summed E-state index contributed by atoms with van der Waals surface area (Å²) in [5.74, 6) is 0. The second-order valence-electron chi connectivity index (χ2n) is 35.8. The lowest BCUT2D eigenvalue weighted by Crippen LogP contribution is -2.61. The van der Waals surface area contributed by atoms with Crippen LogP contribution < -0.4 is 26.2 Å². The van der Waals surface area contributed by atoms with Crippen LogP contribution in [0.3, 0.4) is 0 Å². The molecule has 0 bridgehead atoms. The molecule has 2 aliphatic carbocycles. The molecule has 7 heterocycles. The lowest BCUT2D eigenvalue weighted by Gasteiger charge is -2.44. The number of aromatic nitrogens is 3. The first kappa shape index (κ1) is 66.1. The van der Waals surface area contributed by atoms with Crippen molar-refractivity contribution in [3.63, 3.8) is 0 Å². The van der Waals surface area contributed by atoms with Gasteiger partial charge in [-0.2, -0.15) is 0 Å². The molecule has 0 N–H and O–H groups in total. The van der Waals surface area contributed by atoms with Crippen molar-refractivity contribution in [1.82, 2.24) is 13.4 Å². The molecule has 0 saturated carbocycles. The predicted octanol–water partition coefficient (Wildman–Crippen LogP) is 27.5. The van der Waals surface area contributed by atoms with Gasteiger partial charge in [0.25, 0.3) is 6.71 Å². The number of rotatable bonds is 8. The van der Waals surface area contributed by atoms with Crippen molar-refractivity contribution in [2.24, 2.45) is 0 Å². The molecule has 116 heavy (non-hydrogen) atoms. The van der Waals surface area contributed by atoms with E-state index in [0.717, 1.165) is 52.4 Å². The highest BCUT2D eigenvalue weighted by atomic mass is 15.2. The van der Waals surface area contributed by atoms with Gasteiger partial charge in [-0.1, -0.05) is 242 Å². The van der Waals surface area contributed by atoms with Crippen molar-refractivity contribution in [3.05, 3.63) is 350 Å². The Morgan fingerprint density at radius 1 is 0.250 bits per heavy atom. The maximum atomic E-state index is 2.66. The van der Waals surface area contributed by atoms with Crippen LogP contribution in [0.15, 0.2) is 328 Å². The number of benzene rings is 16. The zero-order chi connectivity index (χ0) is 76.9. The Labute approximate surface area is 674 Å². The molecule has 2 aliphatic heterocycles. The third kappa shape index (κ3) is 9.35. The summed E-state index contributed by atoms with van der Waals surface area (Å²) < 4.78 is 7.44. The van der Waals surface area contributed by atoms with Crippen molar-refractivity contribution in [2.45, 2.75) is 89.9 Å². The molecule has 4 aliphatic rings. The quantitative estimate of drug-likeness (QED) is 0.141. The normalized spacial score (nSPS) is 15.3. The third-order valence-electron chi connectivity index (χ3n) is 28.0. The summed E-state index contributed by atoms with van der Waals surface area (Å²) in [5.41, 5.74) is 39.9. The van der Waals surface area contributed by atoms with Crippen LogP contribution in [0.25, 0.3) is 159 Å². The van der Waals surface area contributed by atoms with Crippen LogP contribution in [-0.2, 0) is 22.7 Å². The van der Waals surface area contributed by atoms with Crippen LogP contribution in [0.1, 0.15) is 89.5 Å². The fourth-order valence-electron chi connectivity index (χ4n) is 22.2. The van der Waals surface area contributed by atoms with E-state index in [-0.39, 0.29) is 23.0 Å². The largest absolute Gasteiger partial charge is 0.311 e. The van der Waals surface area contributed by atoms with Gasteiger partial charge >= 0.3 is 0 Å². The van der Waals surface area contributed by atoms with Crippen LogP contribution in [0.5, 0.6) is 0 Å². The average Bonchev–Trinajstić information content (AvgIpc) is 1.50. The van der Waals surface area contributed by atoms with Gasteiger partial charge in [0.2, 0.25) is 0 Å². The zero-order valence-corrected chi connectivity index (χ0v) is 66.0. The first-order valence-corrected chi connectivity index (χ1v) is 41.7. The molecule has 550 valence electrons. The molecular weight excluding hydrogens is 1400 g/mol. The Balaban J connectivity index is 0.762. The van der Waals surface area contributed by atoms with E-state index in [4.69, 9.17) is 0 Å². The van der Waals surface area contributed by atoms with Crippen LogP contribution in [0.2, 0.25) is 0 Å². The van der Waals surface area contributed by atoms with Crippen LogP contribution in [0.4, 0.5) is 34.1 Å². The Morgan fingerprint density at radius 2 is 0.612 bits per heavy atom. The lowest BCUT2D eigenvalue weighted by atomic mass is 9.33. The highest BCUT2D eigenvalue weighted by Crippen LogP contribution is 2.53. The van der Waals surface area contributed by atoms with E-state index in [1.54, 1.807) is 0 Å². The maximum Gasteiger partial charge on any atom is 0.252 e. The molecular formula is C110H82BN5. The smallest absolute Gasteiger partial charge is 0.252 e. The summed E-state index contributed by atoms with van der Waals surface area (Å²) in [5, 5.41) is 12.6. The highest BCUT2D eigenvalue weighted by molar-refractivity contribution is 7.00. The van der Waals surface area contributed by atoms with E-state index in [9.17, 15) is 0 Å². The second-order valence-corrected chi connectivity index (χ2v) is 35.8. The molecule has 0 unspecified atom stereocenters. The standard InChI is InChI=1S/C110H82BN5/c1-108(2)52-20-21-73-55-68(38-47-90(73)108)66-34-43-78(44-35-66)113-101-62-71(74-57-86-81-25-11-16-30-96(81)115-97-31-17-12-26-82(97)87(58-74)106(86)115)40-49-93(101)111-94-50-41-72(75-59-88-83-27-13-18-32-98(83)116-99-33-19-14-28-84(99)89(60-75)107(88)116)63-102(94)114(79-45-36-67(37-46-79)70-39-48-91-92(61-70)110(5,6)54-53-109(91,3)4)104-65-76(64-103(113)105(104)111)69-42-51-100-85(56-69)80-24-10-15-29-95(80)112(100)77-22-8-7-9-23-77/h7-19,22-51,55-65H,20-21,52-54H2,1-6H3. The van der Waals surface area contributed by atoms with Gasteiger partial charge in [-0.05, 0) is 270 Å². The molecule has 0 radical (unpaired) electrons. The van der Waals surface area contributed by atoms with Crippen molar-refractivity contribution < 1.29 is 0 Å². The van der Waals surface area contributed by atoms with Gasteiger partial charge in [-0.25, -0.2) is 0 Å². The van der Waals surface area contributed by atoms with Crippen molar-refractivity contribution in [1.29, 1.82) is 0 Å². The lowest BCUT2D eigenvalue weighted by molar-refractivity contribution is 0.332. The molecule has 5 nitrogen and oxygen atoms in total. The van der Waals surface area contributed by atoms with Crippen LogP contribution in [-0.4, -0.2) is 20.1 Å². The molecule has 0 fully saturated rings. The summed E-state index contributed by atoms with van der Waals surface area (Å²) in [7, 11) is 0. The summed E-state index contributed by atoms with van der Waals surface area (Å²) in [6, 6.07) is 127. The number of fused-ring (bicyclic) bond motifs is 21. The Morgan fingerprint density at radius 3 is 1.12 bits per heavy atom. The summed E-state index contributed by atoms with van der Waals surface area (Å²) in [4.78, 5) is 5.31. The average molecular weight is 1480 g/mol. The number of para-hydroxylation sites is 6. The minimum Gasteiger partial charge on any atom is -0.311 e. The monoisotopic (exact) mass is 1480 g/mol. The van der Waals surface area contributed by atoms with Gasteiger partial charge in [0.15, 0.2) is 0 Å². The summed E-state index contributed by atoms with van der Waals surface area (Å²) >= 11 is 0. The van der Waals surface area contributed by atoms with E-state index in [1.165, 1.54) is 212 Å². The van der Waals surface area contributed by atoms with E-state index in [2.05, 4.69) is 392 Å². The third-order valence-corrected chi connectivity index (χ3v) is 28.0. The van der Waals surface area contributed by atoms with Crippen molar-refractivity contribution >= 4 is 155 Å². The summed E-state index contributed by atoms with van der Waals surface area (Å²) in [6.07, 6.45) is 5.87. The molecule has 21 aromatic rings. The Kier molecular flexibility index (Phi) is 13.6. The molecule has 6 heteroatoms. The number of hydrogen-bond acceptors (Lipinski definition) is 2.